The highest BCUT2D eigenvalue weighted by Crippen LogP contribution is 2.42. The molecule has 0 aromatic heterocycles. The smallest absolute Gasteiger partial charge is 0.330 e. The summed E-state index contributed by atoms with van der Waals surface area (Å²) in [6, 6.07) is 26.8. The molecule has 0 aliphatic carbocycles. The Kier molecular flexibility index (Phi) is 9.44. The van der Waals surface area contributed by atoms with Gasteiger partial charge in [-0.1, -0.05) is 91.1 Å². The summed E-state index contributed by atoms with van der Waals surface area (Å²) in [5.41, 5.74) is 3.61. The van der Waals surface area contributed by atoms with Crippen molar-refractivity contribution in [1.82, 2.24) is 4.90 Å². The maximum absolute atomic E-state index is 12.5. The molecular formula is C32H31ClN2O5S. The molecular weight excluding hydrogens is 560 g/mol. The van der Waals surface area contributed by atoms with Gasteiger partial charge in [0.15, 0.2) is 12.1 Å². The minimum atomic E-state index is -1.13. The normalized spacial score (nSPS) is 18.4. The largest absolute Gasteiger partial charge is 0.481 e. The van der Waals surface area contributed by atoms with Gasteiger partial charge >= 0.3 is 5.97 Å². The van der Waals surface area contributed by atoms with E-state index in [-0.39, 0.29) is 28.8 Å². The summed E-state index contributed by atoms with van der Waals surface area (Å²) in [6.45, 7) is 4.73. The number of carboxylic acids is 1. The van der Waals surface area contributed by atoms with Crippen molar-refractivity contribution in [2.45, 2.75) is 36.4 Å². The Bertz CT molecular complexity index is 1360. The van der Waals surface area contributed by atoms with Crippen LogP contribution < -0.4 is 4.74 Å². The third-order valence-electron chi connectivity index (χ3n) is 7.04. The van der Waals surface area contributed by atoms with Crippen LogP contribution in [0.3, 0.4) is 0 Å². The molecule has 1 fully saturated rings. The van der Waals surface area contributed by atoms with Crippen molar-refractivity contribution in [1.29, 1.82) is 0 Å². The Morgan fingerprint density at radius 2 is 1.59 bits per heavy atom. The van der Waals surface area contributed by atoms with Crippen LogP contribution in [-0.2, 0) is 20.7 Å². The molecule has 2 aliphatic rings. The number of carboxylic acid groups (broad SMARTS) is 1. The van der Waals surface area contributed by atoms with Gasteiger partial charge in [0.05, 0.1) is 18.3 Å². The van der Waals surface area contributed by atoms with E-state index in [2.05, 4.69) is 35.8 Å². The van der Waals surface area contributed by atoms with E-state index in [9.17, 15) is 14.7 Å². The zero-order valence-electron chi connectivity index (χ0n) is 22.4. The average Bonchev–Trinajstić information content (AvgIpc) is 3.38. The number of amides is 1. The molecule has 2 aliphatic heterocycles. The summed E-state index contributed by atoms with van der Waals surface area (Å²) < 4.78 is 12.3. The molecule has 0 bridgehead atoms. The minimum Gasteiger partial charge on any atom is -0.481 e. The fraction of sp³-hybridized carbons (Fsp3) is 0.281. The number of likely N-dealkylation sites (tertiary alicyclic amines) is 1. The summed E-state index contributed by atoms with van der Waals surface area (Å²) in [6.07, 6.45) is 1.12. The number of fused-ring (bicyclic) bond motifs is 1. The van der Waals surface area contributed by atoms with E-state index in [0.717, 1.165) is 33.9 Å². The van der Waals surface area contributed by atoms with Gasteiger partial charge in [-0.15, -0.1) is 11.6 Å². The summed E-state index contributed by atoms with van der Waals surface area (Å²) in [4.78, 5) is 30.1. The number of halogens is 1. The maximum Gasteiger partial charge on any atom is 0.330 e. The van der Waals surface area contributed by atoms with Crippen LogP contribution in [0.15, 0.2) is 102 Å². The molecule has 41 heavy (non-hydrogen) atoms. The topological polar surface area (TPSA) is 88.4 Å². The number of β-lactam (4-membered cyclic amide) rings is 1. The Morgan fingerprint density at radius 1 is 0.976 bits per heavy atom. The Morgan fingerprint density at radius 3 is 2.17 bits per heavy atom. The molecule has 0 radical (unpaired) electrons. The number of aliphatic imine (C=N–C) groups is 1. The van der Waals surface area contributed by atoms with Crippen LogP contribution >= 0.6 is 23.4 Å². The van der Waals surface area contributed by atoms with Gasteiger partial charge in [0, 0.05) is 12.3 Å². The molecule has 5 rings (SSSR count). The zero-order chi connectivity index (χ0) is 28.8. The number of nitrogens with zero attached hydrogens (tertiary/aromatic N) is 2. The highest BCUT2D eigenvalue weighted by Gasteiger charge is 2.56. The number of hydrogen-bond donors (Lipinski definition) is 1. The SMILES string of the molecule is C=C(CCl)C(C(=O)O)N1C(=O)C2N=C(CCOCCc3ccc(OC(c4ccccc4)c4ccccc4)cc3)SC21. The summed E-state index contributed by atoms with van der Waals surface area (Å²) in [5, 5.41) is 10.0. The van der Waals surface area contributed by atoms with E-state index in [1.54, 1.807) is 0 Å². The van der Waals surface area contributed by atoms with Crippen LogP contribution in [0.4, 0.5) is 0 Å². The van der Waals surface area contributed by atoms with Gasteiger partial charge in [0.25, 0.3) is 5.91 Å². The highest BCUT2D eigenvalue weighted by atomic mass is 35.5. The number of benzene rings is 3. The van der Waals surface area contributed by atoms with E-state index in [4.69, 9.17) is 21.1 Å². The molecule has 0 spiro atoms. The molecule has 0 saturated carbocycles. The van der Waals surface area contributed by atoms with Gasteiger partial charge in [-0.3, -0.25) is 9.79 Å². The first-order valence-corrected chi connectivity index (χ1v) is 14.8. The molecule has 3 atom stereocenters. The van der Waals surface area contributed by atoms with Crippen molar-refractivity contribution in [3.63, 3.8) is 0 Å². The first-order chi connectivity index (χ1) is 20.0. The van der Waals surface area contributed by atoms with Crippen molar-refractivity contribution < 1.29 is 24.2 Å². The van der Waals surface area contributed by atoms with Crippen LogP contribution in [-0.4, -0.2) is 63.5 Å². The highest BCUT2D eigenvalue weighted by molar-refractivity contribution is 8.14. The van der Waals surface area contributed by atoms with Crippen LogP contribution in [0.5, 0.6) is 5.75 Å². The number of alkyl halides is 1. The fourth-order valence-corrected chi connectivity index (χ4v) is 6.35. The van der Waals surface area contributed by atoms with Crippen molar-refractivity contribution >= 4 is 40.3 Å². The number of aliphatic carboxylic acids is 1. The second-order valence-corrected chi connectivity index (χ2v) is 11.3. The maximum atomic E-state index is 12.5. The molecule has 1 saturated heterocycles. The van der Waals surface area contributed by atoms with Crippen molar-refractivity contribution in [3.05, 3.63) is 114 Å². The Hall–Kier alpha value is -3.59. The molecule has 3 aromatic rings. The van der Waals surface area contributed by atoms with Crippen LogP contribution in [0.2, 0.25) is 0 Å². The molecule has 7 nitrogen and oxygen atoms in total. The number of ether oxygens (including phenoxy) is 2. The first-order valence-electron chi connectivity index (χ1n) is 13.4. The van der Waals surface area contributed by atoms with Gasteiger partial charge in [-0.25, -0.2) is 4.79 Å². The lowest BCUT2D eigenvalue weighted by atomic mass is 10.00. The third kappa shape index (κ3) is 6.67. The zero-order valence-corrected chi connectivity index (χ0v) is 24.0. The van der Waals surface area contributed by atoms with Gasteiger partial charge in [0.2, 0.25) is 0 Å². The molecule has 3 unspecified atom stereocenters. The number of thioether (sulfide) groups is 1. The second kappa shape index (κ2) is 13.4. The van der Waals surface area contributed by atoms with Gasteiger partial charge in [0.1, 0.15) is 17.2 Å². The number of carbonyl (C=O) groups excluding carboxylic acids is 1. The van der Waals surface area contributed by atoms with Crippen LogP contribution in [0.1, 0.15) is 29.2 Å². The first kappa shape index (κ1) is 28.9. The Labute approximate surface area is 248 Å². The van der Waals surface area contributed by atoms with Gasteiger partial charge in [-0.05, 0) is 40.8 Å². The minimum absolute atomic E-state index is 0.0258. The third-order valence-corrected chi connectivity index (χ3v) is 8.69. The Balaban J connectivity index is 1.07. The number of carbonyl (C=O) groups is 2. The lowest BCUT2D eigenvalue weighted by Crippen LogP contribution is -2.66. The standard InChI is InChI=1S/C32H31ClN2O5S/c1-21(20-33)28(32(37)38)35-30(36)27-31(35)41-26(34-27)17-19-39-18-16-22-12-14-25(15-13-22)40-29(23-8-4-2-5-9-23)24-10-6-3-7-11-24/h2-15,27-29,31H,1,16-20H2,(H,37,38). The summed E-state index contributed by atoms with van der Waals surface area (Å²) in [5.74, 6) is -0.668. The van der Waals surface area contributed by atoms with E-state index in [1.165, 1.54) is 16.7 Å². The van der Waals surface area contributed by atoms with Gasteiger partial charge < -0.3 is 19.5 Å². The molecule has 1 amide bonds. The van der Waals surface area contributed by atoms with Gasteiger partial charge in [-0.2, -0.15) is 0 Å². The summed E-state index contributed by atoms with van der Waals surface area (Å²) >= 11 is 7.21. The monoisotopic (exact) mass is 590 g/mol. The predicted molar refractivity (Wildman–Crippen MR) is 162 cm³/mol. The summed E-state index contributed by atoms with van der Waals surface area (Å²) in [7, 11) is 0. The average molecular weight is 591 g/mol. The molecule has 9 heteroatoms. The van der Waals surface area contributed by atoms with Crippen molar-refractivity contribution in [3.8, 4) is 5.75 Å². The quantitative estimate of drug-likeness (QED) is 0.112. The molecule has 1 N–H and O–H groups in total. The molecule has 212 valence electrons. The lowest BCUT2D eigenvalue weighted by molar-refractivity contribution is -0.157. The van der Waals surface area contributed by atoms with Crippen molar-refractivity contribution in [2.24, 2.45) is 4.99 Å². The lowest BCUT2D eigenvalue weighted by Gasteiger charge is -2.44. The van der Waals surface area contributed by atoms with E-state index in [0.29, 0.717) is 19.6 Å². The van der Waals surface area contributed by atoms with Crippen LogP contribution in [0, 0.1) is 0 Å². The molecule has 2 heterocycles. The van der Waals surface area contributed by atoms with E-state index in [1.807, 2.05) is 60.7 Å². The predicted octanol–water partition coefficient (Wildman–Crippen LogP) is 5.73. The molecule has 3 aromatic carbocycles. The number of rotatable bonds is 14. The van der Waals surface area contributed by atoms with E-state index < -0.39 is 18.1 Å². The van der Waals surface area contributed by atoms with Crippen molar-refractivity contribution in [2.75, 3.05) is 19.1 Å². The van der Waals surface area contributed by atoms with Crippen LogP contribution in [0.25, 0.3) is 0 Å². The fourth-order valence-electron chi connectivity index (χ4n) is 4.90. The number of hydrogen-bond acceptors (Lipinski definition) is 6. The second-order valence-electron chi connectivity index (χ2n) is 9.83. The van der Waals surface area contributed by atoms with E-state index >= 15 is 0 Å².